The number of ether oxygens (including phenoxy) is 2. The van der Waals surface area contributed by atoms with Gasteiger partial charge in [-0.25, -0.2) is 4.39 Å². The number of aromatic nitrogens is 1. The number of nitrogens with two attached hydrogens (primary N) is 1. The van der Waals surface area contributed by atoms with E-state index in [4.69, 9.17) is 15.2 Å². The number of alkyl halides is 1. The average Bonchev–Trinajstić information content (AvgIpc) is 3.59. The number of carbonyl (C=O) groups is 2. The highest BCUT2D eigenvalue weighted by molar-refractivity contribution is 6.20. The number of benzene rings is 1. The second-order valence-corrected chi connectivity index (χ2v) is 12.5. The van der Waals surface area contributed by atoms with Crippen LogP contribution in [0.2, 0.25) is 0 Å². The molecule has 2 saturated heterocycles. The van der Waals surface area contributed by atoms with Crippen LogP contribution in [0.1, 0.15) is 44.1 Å². The number of hydrogen-bond donors (Lipinski definition) is 3. The summed E-state index contributed by atoms with van der Waals surface area (Å²) in [6.07, 6.45) is 7.64. The van der Waals surface area contributed by atoms with E-state index < -0.39 is 24.2 Å². The number of ketones is 1. The maximum Gasteiger partial charge on any atom is 0.256 e. The molecule has 4 fully saturated rings. The topological polar surface area (TPSA) is 113 Å². The zero-order valence-corrected chi connectivity index (χ0v) is 23.6. The van der Waals surface area contributed by atoms with Crippen molar-refractivity contribution in [3.8, 4) is 5.75 Å². The number of amides is 1. The van der Waals surface area contributed by atoms with Crippen LogP contribution in [0.4, 0.5) is 4.39 Å². The fourth-order valence-electron chi connectivity index (χ4n) is 8.14. The zero-order chi connectivity index (χ0) is 28.2. The predicted molar refractivity (Wildman–Crippen MR) is 152 cm³/mol. The molecule has 41 heavy (non-hydrogen) atoms. The number of rotatable bonds is 6. The molecule has 10 heteroatoms. The number of H-pyrrole nitrogens is 1. The molecular formula is C31H40FN5O4. The molecule has 0 spiro atoms. The van der Waals surface area contributed by atoms with Gasteiger partial charge < -0.3 is 30.4 Å². The van der Waals surface area contributed by atoms with Crippen molar-refractivity contribution in [2.45, 2.75) is 87.5 Å². The number of aromatic amines is 1. The zero-order valence-electron chi connectivity index (χ0n) is 23.6. The molecule has 4 heterocycles. The van der Waals surface area contributed by atoms with Crippen LogP contribution in [0.3, 0.4) is 0 Å². The summed E-state index contributed by atoms with van der Waals surface area (Å²) in [4.78, 5) is 35.0. The molecule has 2 aromatic rings. The van der Waals surface area contributed by atoms with Crippen LogP contribution < -0.4 is 15.8 Å². The third-order valence-corrected chi connectivity index (χ3v) is 10.1. The molecule has 0 bridgehead atoms. The Bertz CT molecular complexity index is 1360. The van der Waals surface area contributed by atoms with Crippen molar-refractivity contribution in [2.75, 3.05) is 26.7 Å². The molecular weight excluding hydrogens is 525 g/mol. The lowest BCUT2D eigenvalue weighted by Crippen LogP contribution is -2.73. The molecule has 8 unspecified atom stereocenters. The molecule has 9 nitrogen and oxygen atoms in total. The Balaban J connectivity index is 1.12. The molecule has 4 N–H and O–H groups in total. The van der Waals surface area contributed by atoms with Crippen LogP contribution in [0.15, 0.2) is 36.2 Å². The molecule has 220 valence electrons. The van der Waals surface area contributed by atoms with Crippen molar-refractivity contribution in [2.24, 2.45) is 11.7 Å². The van der Waals surface area contributed by atoms with E-state index in [2.05, 4.69) is 20.1 Å². The largest absolute Gasteiger partial charge is 0.497 e. The highest BCUT2D eigenvalue weighted by Gasteiger charge is 2.59. The fraction of sp³-hybridized carbons (Fsp3) is 0.613. The highest BCUT2D eigenvalue weighted by Crippen LogP contribution is 2.47. The van der Waals surface area contributed by atoms with Crippen LogP contribution >= 0.6 is 0 Å². The van der Waals surface area contributed by atoms with Gasteiger partial charge in [-0.05, 0) is 55.9 Å². The van der Waals surface area contributed by atoms with Gasteiger partial charge in [-0.2, -0.15) is 0 Å². The minimum absolute atomic E-state index is 0.0256. The Labute approximate surface area is 239 Å². The van der Waals surface area contributed by atoms with Crippen LogP contribution in [0, 0.1) is 5.92 Å². The summed E-state index contributed by atoms with van der Waals surface area (Å²) in [5, 5.41) is 4.02. The summed E-state index contributed by atoms with van der Waals surface area (Å²) in [7, 11) is 1.64. The minimum Gasteiger partial charge on any atom is -0.497 e. The van der Waals surface area contributed by atoms with Gasteiger partial charge in [0.1, 0.15) is 11.9 Å². The minimum atomic E-state index is -1.21. The number of nitrogens with zero attached hydrogens (tertiary/aromatic N) is 2. The number of Topliss-reactive ketones (excluding diaryl/α,β-unsaturated/α-hetero) is 1. The number of hydrogen-bond acceptors (Lipinski definition) is 7. The fourth-order valence-corrected chi connectivity index (χ4v) is 8.14. The van der Waals surface area contributed by atoms with E-state index in [-0.39, 0.29) is 47.9 Å². The summed E-state index contributed by atoms with van der Waals surface area (Å²) in [5.41, 5.74) is 8.40. The van der Waals surface area contributed by atoms with Gasteiger partial charge in [0.15, 0.2) is 5.78 Å². The molecule has 0 radical (unpaired) electrons. The van der Waals surface area contributed by atoms with Crippen molar-refractivity contribution in [3.05, 3.63) is 41.7 Å². The SMILES string of the molecule is COc1ccc2[nH]cc(CCNC(=O)C3=CN4C5CCCCC5OC5C(N6CCC(N)C6)C(F)CC(C3=O)C54)c2c1. The lowest BCUT2D eigenvalue weighted by atomic mass is 9.69. The van der Waals surface area contributed by atoms with Crippen molar-refractivity contribution in [3.63, 3.8) is 0 Å². The molecule has 1 aromatic carbocycles. The maximum atomic E-state index is 16.0. The van der Waals surface area contributed by atoms with Gasteiger partial charge in [-0.1, -0.05) is 12.8 Å². The monoisotopic (exact) mass is 565 g/mol. The number of methoxy groups -OCH3 is 1. The number of likely N-dealkylation sites (tertiary alicyclic amines) is 1. The first-order valence-corrected chi connectivity index (χ1v) is 15.2. The van der Waals surface area contributed by atoms with Crippen molar-refractivity contribution >= 4 is 22.6 Å². The normalized spacial score (nSPS) is 35.1. The van der Waals surface area contributed by atoms with E-state index >= 15 is 4.39 Å². The molecule has 1 aromatic heterocycles. The summed E-state index contributed by atoms with van der Waals surface area (Å²) in [5.74, 6) is -0.475. The summed E-state index contributed by atoms with van der Waals surface area (Å²) in [6.45, 7) is 1.78. The summed E-state index contributed by atoms with van der Waals surface area (Å²) < 4.78 is 28.1. The molecule has 8 atom stereocenters. The Morgan fingerprint density at radius 3 is 2.90 bits per heavy atom. The van der Waals surface area contributed by atoms with Gasteiger partial charge in [0.25, 0.3) is 5.91 Å². The number of nitrogens with one attached hydrogen (secondary N) is 2. The van der Waals surface area contributed by atoms with Gasteiger partial charge in [0.2, 0.25) is 0 Å². The number of halogens is 1. The van der Waals surface area contributed by atoms with E-state index in [1.807, 2.05) is 24.4 Å². The van der Waals surface area contributed by atoms with Crippen LogP contribution in [-0.2, 0) is 20.7 Å². The first-order chi connectivity index (χ1) is 19.9. The molecule has 7 rings (SSSR count). The molecule has 1 amide bonds. The molecule has 2 saturated carbocycles. The Morgan fingerprint density at radius 2 is 2.10 bits per heavy atom. The third-order valence-electron chi connectivity index (χ3n) is 10.1. The maximum absolute atomic E-state index is 16.0. The molecule has 2 aliphatic carbocycles. The van der Waals surface area contributed by atoms with Crippen LogP contribution in [-0.4, -0.2) is 95.8 Å². The lowest BCUT2D eigenvalue weighted by Gasteiger charge is -2.60. The third kappa shape index (κ3) is 4.64. The van der Waals surface area contributed by atoms with E-state index in [1.54, 1.807) is 13.3 Å². The number of carbonyl (C=O) groups excluding carboxylic acids is 2. The lowest BCUT2D eigenvalue weighted by molar-refractivity contribution is -0.209. The van der Waals surface area contributed by atoms with Gasteiger partial charge in [0, 0.05) is 54.9 Å². The Kier molecular flexibility index (Phi) is 7.03. The van der Waals surface area contributed by atoms with E-state index in [0.717, 1.165) is 60.9 Å². The Hall–Kier alpha value is -2.95. The predicted octanol–water partition coefficient (Wildman–Crippen LogP) is 2.44. The van der Waals surface area contributed by atoms with Crippen LogP contribution in [0.5, 0.6) is 5.75 Å². The van der Waals surface area contributed by atoms with Gasteiger partial charge in [0.05, 0.1) is 43.0 Å². The van der Waals surface area contributed by atoms with Gasteiger partial charge in [-0.15, -0.1) is 0 Å². The summed E-state index contributed by atoms with van der Waals surface area (Å²) >= 11 is 0. The van der Waals surface area contributed by atoms with E-state index in [0.29, 0.717) is 19.5 Å². The second-order valence-electron chi connectivity index (χ2n) is 12.5. The molecule has 5 aliphatic rings. The first kappa shape index (κ1) is 26.9. The van der Waals surface area contributed by atoms with Gasteiger partial charge >= 0.3 is 0 Å². The number of morpholine rings is 1. The summed E-state index contributed by atoms with van der Waals surface area (Å²) in [6, 6.07) is 5.32. The standard InChI is InChI=1S/C31H40FN5O4/c1-40-19-6-7-24-20(12-19)17(14-35-24)8-10-34-31(39)22-16-37-25-4-2-3-5-26(25)41-30-27(37)21(29(22)38)13-23(32)28(30)36-11-9-18(33)15-36/h6-7,12,14,16,18,21,23,25-28,30,35H,2-5,8-11,13,15,33H2,1H3,(H,34,39). The van der Waals surface area contributed by atoms with E-state index in [1.165, 1.54) is 0 Å². The average molecular weight is 566 g/mol. The van der Waals surface area contributed by atoms with E-state index in [9.17, 15) is 9.59 Å². The quantitative estimate of drug-likeness (QED) is 0.461. The Morgan fingerprint density at radius 1 is 1.24 bits per heavy atom. The second kappa shape index (κ2) is 10.7. The molecule has 3 aliphatic heterocycles. The van der Waals surface area contributed by atoms with Gasteiger partial charge in [-0.3, -0.25) is 14.5 Å². The first-order valence-electron chi connectivity index (χ1n) is 15.2. The van der Waals surface area contributed by atoms with Crippen LogP contribution in [0.25, 0.3) is 10.9 Å². The van der Waals surface area contributed by atoms with Crippen molar-refractivity contribution in [1.82, 2.24) is 20.1 Å². The number of fused-ring (bicyclic) bond motifs is 3. The smallest absolute Gasteiger partial charge is 0.256 e. The van der Waals surface area contributed by atoms with Crippen molar-refractivity contribution in [1.29, 1.82) is 0 Å². The van der Waals surface area contributed by atoms with Crippen molar-refractivity contribution < 1.29 is 23.5 Å². The highest BCUT2D eigenvalue weighted by atomic mass is 19.1.